The molecule has 15 heavy (non-hydrogen) atoms. The second-order valence-corrected chi connectivity index (χ2v) is 3.77. The monoisotopic (exact) mass is 209 g/mol. The van der Waals surface area contributed by atoms with Crippen molar-refractivity contribution < 1.29 is 9.90 Å². The topological polar surface area (TPSA) is 75.1 Å². The van der Waals surface area contributed by atoms with Gasteiger partial charge in [-0.15, -0.1) is 0 Å². The van der Waals surface area contributed by atoms with Crippen LogP contribution in [0.4, 0.5) is 5.82 Å². The van der Waals surface area contributed by atoms with Crippen LogP contribution in [0.2, 0.25) is 0 Å². The van der Waals surface area contributed by atoms with Gasteiger partial charge in [-0.05, 0) is 12.8 Å². The van der Waals surface area contributed by atoms with E-state index in [1.807, 2.05) is 6.92 Å². The van der Waals surface area contributed by atoms with E-state index in [0.29, 0.717) is 11.7 Å². The molecule has 5 nitrogen and oxygen atoms in total. The highest BCUT2D eigenvalue weighted by molar-refractivity contribution is 5.85. The molecule has 1 aromatic heterocycles. The Labute approximate surface area is 88.6 Å². The van der Waals surface area contributed by atoms with E-state index in [9.17, 15) is 4.79 Å². The van der Waals surface area contributed by atoms with Gasteiger partial charge in [0.15, 0.2) is 5.69 Å². The van der Waals surface area contributed by atoms with Gasteiger partial charge < -0.3 is 10.4 Å². The van der Waals surface area contributed by atoms with Crippen molar-refractivity contribution in [3.05, 3.63) is 18.1 Å². The lowest BCUT2D eigenvalue weighted by Gasteiger charge is -2.17. The van der Waals surface area contributed by atoms with Crippen molar-refractivity contribution in [1.29, 1.82) is 0 Å². The van der Waals surface area contributed by atoms with Crippen LogP contribution in [-0.4, -0.2) is 27.1 Å². The summed E-state index contributed by atoms with van der Waals surface area (Å²) in [6.45, 7) is 6.16. The first kappa shape index (κ1) is 11.4. The Balaban J connectivity index is 2.78. The molecule has 0 aliphatic rings. The van der Waals surface area contributed by atoms with E-state index in [4.69, 9.17) is 5.11 Å². The molecule has 1 aromatic rings. The lowest BCUT2D eigenvalue weighted by Crippen LogP contribution is -2.22. The number of nitrogens with zero attached hydrogens (tertiary/aromatic N) is 2. The van der Waals surface area contributed by atoms with E-state index in [0.717, 1.165) is 0 Å². The van der Waals surface area contributed by atoms with Gasteiger partial charge in [-0.1, -0.05) is 13.8 Å². The second-order valence-electron chi connectivity index (χ2n) is 3.77. The maximum absolute atomic E-state index is 10.6. The summed E-state index contributed by atoms with van der Waals surface area (Å²) in [6.07, 6.45) is 2.75. The first-order valence-electron chi connectivity index (χ1n) is 4.82. The van der Waals surface area contributed by atoms with Crippen LogP contribution < -0.4 is 5.32 Å². The number of aromatic nitrogens is 2. The number of carboxylic acid groups (broad SMARTS) is 1. The number of rotatable bonds is 4. The zero-order chi connectivity index (χ0) is 11.4. The fraction of sp³-hybridized carbons (Fsp3) is 0.500. The van der Waals surface area contributed by atoms with E-state index in [1.54, 1.807) is 0 Å². The van der Waals surface area contributed by atoms with Crippen molar-refractivity contribution in [2.45, 2.75) is 26.8 Å². The Morgan fingerprint density at radius 3 is 2.60 bits per heavy atom. The molecule has 0 aliphatic heterocycles. The predicted molar refractivity (Wildman–Crippen MR) is 56.9 cm³/mol. The average Bonchev–Trinajstić information content (AvgIpc) is 2.18. The number of nitrogens with one attached hydrogen (secondary N) is 1. The number of hydrogen-bond donors (Lipinski definition) is 2. The molecule has 0 aromatic carbocycles. The van der Waals surface area contributed by atoms with Gasteiger partial charge in [-0.3, -0.25) is 4.98 Å². The highest BCUT2D eigenvalue weighted by Crippen LogP contribution is 2.09. The van der Waals surface area contributed by atoms with Gasteiger partial charge in [0.2, 0.25) is 0 Å². The lowest BCUT2D eigenvalue weighted by molar-refractivity contribution is 0.0690. The predicted octanol–water partition coefficient (Wildman–Crippen LogP) is 1.63. The first-order chi connectivity index (χ1) is 7.00. The molecule has 2 N–H and O–H groups in total. The highest BCUT2D eigenvalue weighted by atomic mass is 16.4. The fourth-order valence-electron chi connectivity index (χ4n) is 0.938. The van der Waals surface area contributed by atoms with E-state index < -0.39 is 5.97 Å². The zero-order valence-corrected chi connectivity index (χ0v) is 9.06. The molecule has 0 saturated carbocycles. The SMILES string of the molecule is CC(C)C(C)Nc1cncc(C(=O)O)n1. The number of carbonyl (C=O) groups is 1. The minimum absolute atomic E-state index is 0.0454. The maximum atomic E-state index is 10.6. The van der Waals surface area contributed by atoms with Gasteiger partial charge in [0.25, 0.3) is 0 Å². The van der Waals surface area contributed by atoms with Crippen molar-refractivity contribution >= 4 is 11.8 Å². The van der Waals surface area contributed by atoms with E-state index in [-0.39, 0.29) is 11.7 Å². The normalized spacial score (nSPS) is 12.5. The molecular weight excluding hydrogens is 194 g/mol. The molecule has 82 valence electrons. The molecule has 5 heteroatoms. The zero-order valence-electron chi connectivity index (χ0n) is 9.06. The van der Waals surface area contributed by atoms with Gasteiger partial charge in [0, 0.05) is 6.04 Å². The lowest BCUT2D eigenvalue weighted by atomic mass is 10.1. The van der Waals surface area contributed by atoms with Crippen molar-refractivity contribution in [2.24, 2.45) is 5.92 Å². The van der Waals surface area contributed by atoms with Gasteiger partial charge in [-0.2, -0.15) is 0 Å². The third-order valence-corrected chi connectivity index (χ3v) is 2.23. The number of carboxylic acids is 1. The summed E-state index contributed by atoms with van der Waals surface area (Å²) in [6, 6.07) is 0.225. The number of hydrogen-bond acceptors (Lipinski definition) is 4. The van der Waals surface area contributed by atoms with Crippen LogP contribution >= 0.6 is 0 Å². The molecular formula is C10H15N3O2. The van der Waals surface area contributed by atoms with Crippen LogP contribution in [0.15, 0.2) is 12.4 Å². The fourth-order valence-corrected chi connectivity index (χ4v) is 0.938. The molecule has 0 radical (unpaired) electrons. The molecule has 0 fully saturated rings. The van der Waals surface area contributed by atoms with Crippen LogP contribution in [0.1, 0.15) is 31.3 Å². The molecule has 0 saturated heterocycles. The van der Waals surface area contributed by atoms with E-state index in [1.165, 1.54) is 12.4 Å². The third kappa shape index (κ3) is 3.19. The Hall–Kier alpha value is -1.65. The molecule has 1 rings (SSSR count). The Morgan fingerprint density at radius 1 is 1.40 bits per heavy atom. The summed E-state index contributed by atoms with van der Waals surface area (Å²) < 4.78 is 0. The van der Waals surface area contributed by atoms with E-state index in [2.05, 4.69) is 29.1 Å². The van der Waals surface area contributed by atoms with Crippen LogP contribution in [0.25, 0.3) is 0 Å². The quantitative estimate of drug-likeness (QED) is 0.788. The standard InChI is InChI=1S/C10H15N3O2/c1-6(2)7(3)12-9-5-11-4-8(13-9)10(14)15/h4-7H,1-3H3,(H,12,13)(H,14,15). The van der Waals surface area contributed by atoms with Gasteiger partial charge >= 0.3 is 5.97 Å². The third-order valence-electron chi connectivity index (χ3n) is 2.23. The molecule has 0 spiro atoms. The summed E-state index contributed by atoms with van der Waals surface area (Å²) in [4.78, 5) is 18.4. The Morgan fingerprint density at radius 2 is 2.07 bits per heavy atom. The van der Waals surface area contributed by atoms with Crippen molar-refractivity contribution in [3.63, 3.8) is 0 Å². The molecule has 0 bridgehead atoms. The van der Waals surface area contributed by atoms with Crippen LogP contribution in [-0.2, 0) is 0 Å². The average molecular weight is 209 g/mol. The van der Waals surface area contributed by atoms with Gasteiger partial charge in [0.05, 0.1) is 12.4 Å². The first-order valence-corrected chi connectivity index (χ1v) is 4.82. The van der Waals surface area contributed by atoms with Crippen molar-refractivity contribution in [1.82, 2.24) is 9.97 Å². The van der Waals surface area contributed by atoms with Crippen molar-refractivity contribution in [3.8, 4) is 0 Å². The summed E-state index contributed by atoms with van der Waals surface area (Å²) in [7, 11) is 0. The Bertz CT molecular complexity index is 352. The number of aromatic carboxylic acids is 1. The molecule has 1 heterocycles. The second kappa shape index (κ2) is 4.72. The largest absolute Gasteiger partial charge is 0.476 e. The number of anilines is 1. The van der Waals surface area contributed by atoms with Crippen LogP contribution in [0, 0.1) is 5.92 Å². The van der Waals surface area contributed by atoms with E-state index >= 15 is 0 Å². The molecule has 0 aliphatic carbocycles. The maximum Gasteiger partial charge on any atom is 0.356 e. The molecule has 1 unspecified atom stereocenters. The van der Waals surface area contributed by atoms with Crippen molar-refractivity contribution in [2.75, 3.05) is 5.32 Å². The minimum Gasteiger partial charge on any atom is -0.476 e. The minimum atomic E-state index is -1.07. The van der Waals surface area contributed by atoms with Crippen LogP contribution in [0.3, 0.4) is 0 Å². The Kier molecular flexibility index (Phi) is 3.60. The molecule has 1 atom stereocenters. The summed E-state index contributed by atoms with van der Waals surface area (Å²) in [5.41, 5.74) is -0.0454. The summed E-state index contributed by atoms with van der Waals surface area (Å²) >= 11 is 0. The molecule has 0 amide bonds. The van der Waals surface area contributed by atoms with Crippen LogP contribution in [0.5, 0.6) is 0 Å². The smallest absolute Gasteiger partial charge is 0.356 e. The van der Waals surface area contributed by atoms with Gasteiger partial charge in [0.1, 0.15) is 5.82 Å². The highest BCUT2D eigenvalue weighted by Gasteiger charge is 2.10. The van der Waals surface area contributed by atoms with Gasteiger partial charge in [-0.25, -0.2) is 9.78 Å². The summed E-state index contributed by atoms with van der Waals surface area (Å²) in [5, 5.41) is 11.8. The summed E-state index contributed by atoms with van der Waals surface area (Å²) in [5.74, 6) is -0.125.